The van der Waals surface area contributed by atoms with Crippen molar-refractivity contribution in [1.82, 2.24) is 0 Å². The van der Waals surface area contributed by atoms with Crippen molar-refractivity contribution in [3.05, 3.63) is 35.6 Å². The first kappa shape index (κ1) is 14.8. The van der Waals surface area contributed by atoms with Gasteiger partial charge in [-0.25, -0.2) is 4.39 Å². The van der Waals surface area contributed by atoms with E-state index in [1.807, 2.05) is 0 Å². The zero-order chi connectivity index (χ0) is 14.0. The predicted molar refractivity (Wildman–Crippen MR) is 51.8 cm³/mol. The molecule has 0 N–H and O–H groups in total. The van der Waals surface area contributed by atoms with Crippen LogP contribution >= 0.6 is 0 Å². The van der Waals surface area contributed by atoms with Gasteiger partial charge in [0.1, 0.15) is 5.82 Å². The number of hydrogen-bond donors (Lipinski definition) is 0. The summed E-state index contributed by atoms with van der Waals surface area (Å²) in [6.07, 6.45) is -9.01. The molecule has 0 saturated carbocycles. The fourth-order valence-electron chi connectivity index (χ4n) is 1.41. The first-order valence-corrected chi connectivity index (χ1v) is 4.91. The Hall–Kier alpha value is -1.24. The highest BCUT2D eigenvalue weighted by Crippen LogP contribution is 2.42. The SMILES string of the molecule is COC(CC(F)(F)C(F)(F)F)c1ccccc1F. The predicted octanol–water partition coefficient (Wildman–Crippen LogP) is 4.10. The van der Waals surface area contributed by atoms with E-state index in [9.17, 15) is 26.3 Å². The van der Waals surface area contributed by atoms with Crippen molar-refractivity contribution in [1.29, 1.82) is 0 Å². The second-order valence-corrected chi connectivity index (χ2v) is 3.65. The van der Waals surface area contributed by atoms with E-state index in [1.54, 1.807) is 0 Å². The Balaban J connectivity index is 2.97. The van der Waals surface area contributed by atoms with Crippen LogP contribution in [-0.4, -0.2) is 19.2 Å². The second kappa shape index (κ2) is 5.17. The third-order valence-corrected chi connectivity index (χ3v) is 2.39. The molecule has 0 aromatic heterocycles. The first-order chi connectivity index (χ1) is 8.19. The van der Waals surface area contributed by atoms with E-state index >= 15 is 0 Å². The molecule has 1 rings (SSSR count). The van der Waals surface area contributed by atoms with Gasteiger partial charge in [0.05, 0.1) is 12.5 Å². The van der Waals surface area contributed by atoms with Gasteiger partial charge in [0, 0.05) is 12.7 Å². The van der Waals surface area contributed by atoms with Crippen LogP contribution < -0.4 is 0 Å². The second-order valence-electron chi connectivity index (χ2n) is 3.65. The van der Waals surface area contributed by atoms with Crippen molar-refractivity contribution in [3.63, 3.8) is 0 Å². The summed E-state index contributed by atoms with van der Waals surface area (Å²) >= 11 is 0. The van der Waals surface area contributed by atoms with Gasteiger partial charge in [-0.2, -0.15) is 22.0 Å². The number of benzene rings is 1. The molecule has 0 bridgehead atoms. The lowest BCUT2D eigenvalue weighted by Gasteiger charge is -2.24. The van der Waals surface area contributed by atoms with Gasteiger partial charge < -0.3 is 4.74 Å². The first-order valence-electron chi connectivity index (χ1n) is 4.91. The molecule has 1 aromatic carbocycles. The summed E-state index contributed by atoms with van der Waals surface area (Å²) in [5.41, 5.74) is -0.330. The smallest absolute Gasteiger partial charge is 0.376 e. The van der Waals surface area contributed by atoms with E-state index in [0.29, 0.717) is 0 Å². The summed E-state index contributed by atoms with van der Waals surface area (Å²) in [6.45, 7) is 0. The van der Waals surface area contributed by atoms with Crippen LogP contribution in [-0.2, 0) is 4.74 Å². The van der Waals surface area contributed by atoms with E-state index in [-0.39, 0.29) is 5.56 Å². The summed E-state index contributed by atoms with van der Waals surface area (Å²) in [7, 11) is 0.948. The van der Waals surface area contributed by atoms with Crippen LogP contribution in [0.4, 0.5) is 26.3 Å². The van der Waals surface area contributed by atoms with Crippen molar-refractivity contribution < 1.29 is 31.1 Å². The Kier molecular flexibility index (Phi) is 4.26. The Labute approximate surface area is 99.4 Å². The Morgan fingerprint density at radius 2 is 1.67 bits per heavy atom. The van der Waals surface area contributed by atoms with Crippen molar-refractivity contribution in [2.24, 2.45) is 0 Å². The van der Waals surface area contributed by atoms with Crippen molar-refractivity contribution in [2.75, 3.05) is 7.11 Å². The molecule has 0 aliphatic heterocycles. The van der Waals surface area contributed by atoms with Crippen LogP contribution in [0.1, 0.15) is 18.1 Å². The molecule has 1 aromatic rings. The molecular weight excluding hydrogens is 262 g/mol. The van der Waals surface area contributed by atoms with Gasteiger partial charge in [0.15, 0.2) is 0 Å². The van der Waals surface area contributed by atoms with Crippen LogP contribution in [0.3, 0.4) is 0 Å². The fraction of sp³-hybridized carbons (Fsp3) is 0.455. The third-order valence-electron chi connectivity index (χ3n) is 2.39. The summed E-state index contributed by atoms with van der Waals surface area (Å²) in [5.74, 6) is -5.82. The molecule has 0 aliphatic carbocycles. The molecule has 0 aliphatic rings. The molecule has 102 valence electrons. The maximum absolute atomic E-state index is 13.3. The minimum atomic E-state index is -5.69. The Morgan fingerprint density at radius 1 is 1.11 bits per heavy atom. The third kappa shape index (κ3) is 3.16. The number of rotatable bonds is 4. The number of alkyl halides is 5. The molecule has 1 nitrogen and oxygen atoms in total. The summed E-state index contributed by atoms with van der Waals surface area (Å²) < 4.78 is 79.7. The Bertz CT molecular complexity index is 401. The van der Waals surface area contributed by atoms with Crippen LogP contribution in [0.5, 0.6) is 0 Å². The molecule has 7 heteroatoms. The molecular formula is C11H10F6O. The topological polar surface area (TPSA) is 9.23 Å². The van der Waals surface area contributed by atoms with E-state index in [1.165, 1.54) is 12.1 Å². The zero-order valence-electron chi connectivity index (χ0n) is 9.27. The van der Waals surface area contributed by atoms with Gasteiger partial charge in [-0.1, -0.05) is 18.2 Å². The zero-order valence-corrected chi connectivity index (χ0v) is 9.27. The van der Waals surface area contributed by atoms with Gasteiger partial charge >= 0.3 is 12.1 Å². The number of methoxy groups -OCH3 is 1. The van der Waals surface area contributed by atoms with Gasteiger partial charge in [-0.15, -0.1) is 0 Å². The average Bonchev–Trinajstić information content (AvgIpc) is 2.25. The van der Waals surface area contributed by atoms with Gasteiger partial charge in [-0.05, 0) is 6.07 Å². The molecule has 0 heterocycles. The molecule has 0 spiro atoms. The van der Waals surface area contributed by atoms with E-state index in [0.717, 1.165) is 19.2 Å². The highest BCUT2D eigenvalue weighted by molar-refractivity contribution is 5.20. The lowest BCUT2D eigenvalue weighted by molar-refractivity contribution is -0.291. The van der Waals surface area contributed by atoms with Crippen LogP contribution in [0.15, 0.2) is 24.3 Å². The van der Waals surface area contributed by atoms with Crippen LogP contribution in [0.25, 0.3) is 0 Å². The largest absolute Gasteiger partial charge is 0.453 e. The van der Waals surface area contributed by atoms with Gasteiger partial charge in [-0.3, -0.25) is 0 Å². The van der Waals surface area contributed by atoms with Crippen molar-refractivity contribution in [2.45, 2.75) is 24.6 Å². The number of ether oxygens (including phenoxy) is 1. The van der Waals surface area contributed by atoms with E-state index in [4.69, 9.17) is 0 Å². The van der Waals surface area contributed by atoms with Crippen molar-refractivity contribution >= 4 is 0 Å². The fourth-order valence-corrected chi connectivity index (χ4v) is 1.41. The number of hydrogen-bond acceptors (Lipinski definition) is 1. The minimum absolute atomic E-state index is 0.330. The number of halogens is 6. The van der Waals surface area contributed by atoms with Crippen LogP contribution in [0, 0.1) is 5.82 Å². The molecule has 0 fully saturated rings. The maximum atomic E-state index is 13.3. The summed E-state index contributed by atoms with van der Waals surface area (Å²) in [4.78, 5) is 0. The Morgan fingerprint density at radius 3 is 2.11 bits per heavy atom. The molecule has 18 heavy (non-hydrogen) atoms. The quantitative estimate of drug-likeness (QED) is 0.750. The lowest BCUT2D eigenvalue weighted by Crippen LogP contribution is -2.38. The lowest BCUT2D eigenvalue weighted by atomic mass is 10.0. The van der Waals surface area contributed by atoms with Crippen LogP contribution in [0.2, 0.25) is 0 Å². The van der Waals surface area contributed by atoms with Gasteiger partial charge in [0.2, 0.25) is 0 Å². The van der Waals surface area contributed by atoms with Gasteiger partial charge in [0.25, 0.3) is 0 Å². The molecule has 1 atom stereocenters. The maximum Gasteiger partial charge on any atom is 0.453 e. The summed E-state index contributed by atoms with van der Waals surface area (Å²) in [5, 5.41) is 0. The molecule has 0 amide bonds. The summed E-state index contributed by atoms with van der Waals surface area (Å²) in [6, 6.07) is 4.70. The highest BCUT2D eigenvalue weighted by Gasteiger charge is 2.58. The monoisotopic (exact) mass is 272 g/mol. The molecule has 0 radical (unpaired) electrons. The average molecular weight is 272 g/mol. The standard InChI is InChI=1S/C11H10F6O/c1-18-9(6-10(13,14)11(15,16)17)7-4-2-3-5-8(7)12/h2-5,9H,6H2,1H3. The normalized spacial score (nSPS) is 14.6. The minimum Gasteiger partial charge on any atom is -0.376 e. The van der Waals surface area contributed by atoms with E-state index in [2.05, 4.69) is 4.74 Å². The highest BCUT2D eigenvalue weighted by atomic mass is 19.4. The van der Waals surface area contributed by atoms with E-state index < -0.39 is 30.4 Å². The molecule has 1 unspecified atom stereocenters. The molecule has 0 saturated heterocycles. The van der Waals surface area contributed by atoms with Crippen molar-refractivity contribution in [3.8, 4) is 0 Å².